The van der Waals surface area contributed by atoms with Gasteiger partial charge in [-0.15, -0.1) is 0 Å². The number of nitrogens with one attached hydrogen (secondary N) is 2. The molecular formula is C31H48N2O5. The number of benzene rings is 1. The van der Waals surface area contributed by atoms with Crippen LogP contribution in [0.25, 0.3) is 0 Å². The summed E-state index contributed by atoms with van der Waals surface area (Å²) in [5.41, 5.74) is 0.748. The Kier molecular flexibility index (Phi) is 10.7. The maximum Gasteiger partial charge on any atom is 0.328 e. The fourth-order valence-electron chi connectivity index (χ4n) is 5.74. The van der Waals surface area contributed by atoms with Crippen LogP contribution in [0.2, 0.25) is 0 Å². The van der Waals surface area contributed by atoms with Crippen LogP contribution in [0.5, 0.6) is 0 Å². The lowest BCUT2D eigenvalue weighted by atomic mass is 9.67. The van der Waals surface area contributed by atoms with E-state index in [9.17, 15) is 19.5 Å². The van der Waals surface area contributed by atoms with E-state index in [0.717, 1.165) is 5.56 Å². The summed E-state index contributed by atoms with van der Waals surface area (Å²) < 4.78 is 4.95. The van der Waals surface area contributed by atoms with Crippen molar-refractivity contribution in [2.45, 2.75) is 92.3 Å². The Balaban J connectivity index is 2.64. The second-order valence-electron chi connectivity index (χ2n) is 12.4. The summed E-state index contributed by atoms with van der Waals surface area (Å²) in [6.07, 6.45) is 3.06. The highest BCUT2D eigenvalue weighted by molar-refractivity contribution is 5.94. The van der Waals surface area contributed by atoms with Gasteiger partial charge in [-0.05, 0) is 42.1 Å². The number of rotatable bonds is 9. The molecule has 0 aromatic heterocycles. The first kappa shape index (κ1) is 31.5. The number of aliphatic hydroxyl groups excluding tert-OH is 1. The second-order valence-corrected chi connectivity index (χ2v) is 12.4. The van der Waals surface area contributed by atoms with Crippen LogP contribution < -0.4 is 10.6 Å². The molecule has 0 aliphatic heterocycles. The Hall–Kier alpha value is -2.67. The van der Waals surface area contributed by atoms with Crippen LogP contribution in [-0.4, -0.2) is 47.7 Å². The predicted octanol–water partition coefficient (Wildman–Crippen LogP) is 4.43. The molecule has 2 rings (SSSR count). The molecule has 0 saturated heterocycles. The molecule has 0 radical (unpaired) electrons. The molecule has 212 valence electrons. The van der Waals surface area contributed by atoms with Gasteiger partial charge in [-0.1, -0.05) is 90.4 Å². The van der Waals surface area contributed by atoms with Crippen LogP contribution in [0, 0.1) is 29.1 Å². The van der Waals surface area contributed by atoms with E-state index in [1.807, 2.05) is 58.0 Å². The highest BCUT2D eigenvalue weighted by atomic mass is 16.5. The van der Waals surface area contributed by atoms with E-state index in [2.05, 4.69) is 37.5 Å². The van der Waals surface area contributed by atoms with Crippen LogP contribution in [0.1, 0.15) is 73.8 Å². The third kappa shape index (κ3) is 7.25. The molecule has 3 unspecified atom stereocenters. The number of aliphatic hydroxyl groups is 1. The Morgan fingerprint density at radius 2 is 1.68 bits per heavy atom. The number of hydrogen-bond acceptors (Lipinski definition) is 5. The van der Waals surface area contributed by atoms with Crippen molar-refractivity contribution in [3.05, 3.63) is 47.5 Å². The normalized spacial score (nSPS) is 22.6. The fraction of sp³-hybridized carbons (Fsp3) is 0.645. The van der Waals surface area contributed by atoms with Gasteiger partial charge in [0, 0.05) is 18.8 Å². The molecule has 0 saturated carbocycles. The molecule has 2 amide bonds. The Morgan fingerprint density at radius 1 is 1.08 bits per heavy atom. The Bertz CT molecular complexity index is 995. The molecule has 1 aliphatic rings. The first-order valence-corrected chi connectivity index (χ1v) is 13.8. The molecule has 0 spiro atoms. The van der Waals surface area contributed by atoms with Crippen molar-refractivity contribution in [1.29, 1.82) is 0 Å². The molecule has 5 atom stereocenters. The van der Waals surface area contributed by atoms with Gasteiger partial charge in [-0.25, -0.2) is 4.79 Å². The van der Waals surface area contributed by atoms with Crippen molar-refractivity contribution >= 4 is 17.8 Å². The topological polar surface area (TPSA) is 105 Å². The summed E-state index contributed by atoms with van der Waals surface area (Å²) in [4.78, 5) is 39.4. The van der Waals surface area contributed by atoms with E-state index in [-0.39, 0.29) is 29.1 Å². The van der Waals surface area contributed by atoms with E-state index < -0.39 is 35.5 Å². The molecule has 38 heavy (non-hydrogen) atoms. The van der Waals surface area contributed by atoms with Gasteiger partial charge in [0.05, 0.1) is 13.2 Å². The monoisotopic (exact) mass is 528 g/mol. The number of carbonyl (C=O) groups excluding carboxylic acids is 3. The summed E-state index contributed by atoms with van der Waals surface area (Å²) in [7, 11) is 1.29. The number of carbonyl (C=O) groups is 3. The second kappa shape index (κ2) is 12.9. The summed E-state index contributed by atoms with van der Waals surface area (Å²) in [5.74, 6) is -2.85. The van der Waals surface area contributed by atoms with Crippen molar-refractivity contribution in [3.8, 4) is 0 Å². The van der Waals surface area contributed by atoms with E-state index in [1.54, 1.807) is 0 Å². The van der Waals surface area contributed by atoms with Crippen LogP contribution in [0.4, 0.5) is 0 Å². The minimum absolute atomic E-state index is 0.117. The van der Waals surface area contributed by atoms with Crippen LogP contribution in [0.15, 0.2) is 42.0 Å². The molecule has 0 fully saturated rings. The maximum absolute atomic E-state index is 14.2. The van der Waals surface area contributed by atoms with Gasteiger partial charge < -0.3 is 20.5 Å². The van der Waals surface area contributed by atoms with Crippen molar-refractivity contribution in [2.75, 3.05) is 7.11 Å². The average molecular weight is 529 g/mol. The van der Waals surface area contributed by atoms with E-state index in [0.29, 0.717) is 19.3 Å². The van der Waals surface area contributed by atoms with E-state index in [4.69, 9.17) is 4.74 Å². The first-order valence-electron chi connectivity index (χ1n) is 13.8. The standard InChI is InChI=1S/C31H48N2O5/c1-19(2)26(28(36)38-9)32-29(37)31(20(3)4,33-21(5)34)25-16-15-24(30(6,7)8)18-23(27(25)35)17-22-13-11-10-12-14-22/h10-14,18-20,23,25-27,35H,15-17H2,1-9H3,(H,32,37)(H,33,34)/t23?,25?,26-,27?,31+/m0/s1. The quantitative estimate of drug-likeness (QED) is 0.325. The maximum atomic E-state index is 14.2. The summed E-state index contributed by atoms with van der Waals surface area (Å²) in [5, 5.41) is 17.9. The third-order valence-electron chi connectivity index (χ3n) is 7.93. The van der Waals surface area contributed by atoms with Crippen LogP contribution in [0.3, 0.4) is 0 Å². The first-order chi connectivity index (χ1) is 17.6. The Labute approximate surface area is 228 Å². The minimum Gasteiger partial charge on any atom is -0.467 e. The molecule has 0 bridgehead atoms. The van der Waals surface area contributed by atoms with Crippen molar-refractivity contribution in [3.63, 3.8) is 0 Å². The lowest BCUT2D eigenvalue weighted by Crippen LogP contribution is -2.69. The molecule has 7 nitrogen and oxygen atoms in total. The van der Waals surface area contributed by atoms with E-state index in [1.165, 1.54) is 19.6 Å². The van der Waals surface area contributed by atoms with Crippen LogP contribution >= 0.6 is 0 Å². The van der Waals surface area contributed by atoms with Crippen molar-refractivity contribution in [1.82, 2.24) is 10.6 Å². The molecule has 3 N–H and O–H groups in total. The van der Waals surface area contributed by atoms with Crippen LogP contribution in [-0.2, 0) is 25.5 Å². The number of hydrogen-bond donors (Lipinski definition) is 3. The fourth-order valence-corrected chi connectivity index (χ4v) is 5.74. The van der Waals surface area contributed by atoms with Crippen molar-refractivity contribution in [2.24, 2.45) is 29.1 Å². The largest absolute Gasteiger partial charge is 0.467 e. The average Bonchev–Trinajstić information content (AvgIpc) is 2.99. The lowest BCUT2D eigenvalue weighted by molar-refractivity contribution is -0.150. The Morgan fingerprint density at radius 3 is 2.16 bits per heavy atom. The highest BCUT2D eigenvalue weighted by Crippen LogP contribution is 2.43. The van der Waals surface area contributed by atoms with Gasteiger partial charge in [0.25, 0.3) is 0 Å². The number of allylic oxidation sites excluding steroid dienone is 1. The van der Waals surface area contributed by atoms with Gasteiger partial charge in [0.2, 0.25) is 11.8 Å². The van der Waals surface area contributed by atoms with Crippen molar-refractivity contribution < 1.29 is 24.2 Å². The number of ether oxygens (including phenoxy) is 1. The molecular weight excluding hydrogens is 480 g/mol. The number of amides is 2. The molecule has 1 aromatic rings. The molecule has 7 heteroatoms. The molecule has 1 aliphatic carbocycles. The number of methoxy groups -OCH3 is 1. The summed E-state index contributed by atoms with van der Waals surface area (Å²) in [6.45, 7) is 15.3. The smallest absolute Gasteiger partial charge is 0.328 e. The zero-order chi connectivity index (χ0) is 28.8. The van der Waals surface area contributed by atoms with Gasteiger partial charge in [-0.3, -0.25) is 9.59 Å². The summed E-state index contributed by atoms with van der Waals surface area (Å²) in [6, 6.07) is 9.11. The third-order valence-corrected chi connectivity index (χ3v) is 7.93. The zero-order valence-corrected chi connectivity index (χ0v) is 24.6. The van der Waals surface area contributed by atoms with Gasteiger partial charge >= 0.3 is 5.97 Å². The lowest BCUT2D eigenvalue weighted by Gasteiger charge is -2.46. The SMILES string of the molecule is COC(=O)[C@@H](NC(=O)[C@@](NC(C)=O)(C(C)C)C1CCC(C(C)(C)C)=CC(Cc2ccccc2)C1O)C(C)C. The summed E-state index contributed by atoms with van der Waals surface area (Å²) >= 11 is 0. The van der Waals surface area contributed by atoms with E-state index >= 15 is 0 Å². The molecule has 1 aromatic carbocycles. The number of esters is 1. The predicted molar refractivity (Wildman–Crippen MR) is 150 cm³/mol. The van der Waals surface area contributed by atoms with Gasteiger partial charge in [0.1, 0.15) is 11.6 Å². The van der Waals surface area contributed by atoms with Gasteiger partial charge in [0.15, 0.2) is 0 Å². The molecule has 0 heterocycles. The highest BCUT2D eigenvalue weighted by Gasteiger charge is 2.54. The zero-order valence-electron chi connectivity index (χ0n) is 24.6. The minimum atomic E-state index is -1.44. The van der Waals surface area contributed by atoms with Gasteiger partial charge in [-0.2, -0.15) is 0 Å².